The number of rotatable bonds is 3. The van der Waals surface area contributed by atoms with Crippen LogP contribution in [0.15, 0.2) is 4.52 Å². The first-order valence-corrected chi connectivity index (χ1v) is 5.93. The monoisotopic (exact) mass is 252 g/mol. The van der Waals surface area contributed by atoms with Crippen LogP contribution >= 0.6 is 0 Å². The maximum absolute atomic E-state index is 12.1. The lowest BCUT2D eigenvalue weighted by Gasteiger charge is -2.36. The highest BCUT2D eigenvalue weighted by Crippen LogP contribution is 2.15. The second kappa shape index (κ2) is 4.75. The van der Waals surface area contributed by atoms with Crippen molar-refractivity contribution in [1.29, 1.82) is 0 Å². The van der Waals surface area contributed by atoms with Crippen molar-refractivity contribution >= 4 is 11.8 Å². The molecule has 18 heavy (non-hydrogen) atoms. The second-order valence-electron chi connectivity index (χ2n) is 4.35. The Morgan fingerprint density at radius 1 is 1.44 bits per heavy atom. The van der Waals surface area contributed by atoms with Gasteiger partial charge < -0.3 is 14.7 Å². The first kappa shape index (κ1) is 12.5. The van der Waals surface area contributed by atoms with Gasteiger partial charge >= 0.3 is 0 Å². The van der Waals surface area contributed by atoms with E-state index in [0.717, 1.165) is 0 Å². The van der Waals surface area contributed by atoms with Gasteiger partial charge in [-0.25, -0.2) is 0 Å². The summed E-state index contributed by atoms with van der Waals surface area (Å²) in [7, 11) is 0. The van der Waals surface area contributed by atoms with E-state index in [9.17, 15) is 9.59 Å². The van der Waals surface area contributed by atoms with Crippen LogP contribution in [-0.2, 0) is 16.1 Å². The fourth-order valence-electron chi connectivity index (χ4n) is 1.93. The predicted molar refractivity (Wildman–Crippen MR) is 61.3 cm³/mol. The van der Waals surface area contributed by atoms with Gasteiger partial charge in [0, 0.05) is 0 Å². The molecule has 7 heteroatoms. The molecule has 1 aromatic heterocycles. The van der Waals surface area contributed by atoms with E-state index in [2.05, 4.69) is 15.5 Å². The van der Waals surface area contributed by atoms with Gasteiger partial charge in [-0.3, -0.25) is 9.59 Å². The predicted octanol–water partition coefficient (Wildman–Crippen LogP) is 0.00352. The number of carbonyl (C=O) groups excluding carboxylic acids is 2. The van der Waals surface area contributed by atoms with Crippen LogP contribution in [0.2, 0.25) is 0 Å². The molecule has 0 radical (unpaired) electrons. The molecule has 1 saturated heterocycles. The lowest BCUT2D eigenvalue weighted by molar-refractivity contribution is -0.149. The quantitative estimate of drug-likeness (QED) is 0.818. The highest BCUT2D eigenvalue weighted by molar-refractivity contribution is 5.96. The fourth-order valence-corrected chi connectivity index (χ4v) is 1.93. The fraction of sp³-hybridized carbons (Fsp3) is 0.636. The van der Waals surface area contributed by atoms with E-state index in [0.29, 0.717) is 18.1 Å². The van der Waals surface area contributed by atoms with Gasteiger partial charge in [-0.2, -0.15) is 4.98 Å². The van der Waals surface area contributed by atoms with Gasteiger partial charge in [0.2, 0.25) is 17.7 Å². The SMILES string of the molecule is CCC1NC(=O)C(C)N(Cc2nc(C)no2)C1=O. The Labute approximate surface area is 105 Å². The molecule has 0 bridgehead atoms. The summed E-state index contributed by atoms with van der Waals surface area (Å²) in [5.74, 6) is 0.592. The number of hydrogen-bond acceptors (Lipinski definition) is 5. The van der Waals surface area contributed by atoms with Crippen molar-refractivity contribution in [1.82, 2.24) is 20.4 Å². The van der Waals surface area contributed by atoms with Crippen LogP contribution in [-0.4, -0.2) is 38.9 Å². The van der Waals surface area contributed by atoms with E-state index in [1.54, 1.807) is 13.8 Å². The number of aromatic nitrogens is 2. The molecule has 98 valence electrons. The molecule has 2 atom stereocenters. The first-order chi connectivity index (χ1) is 8.52. The summed E-state index contributed by atoms with van der Waals surface area (Å²) in [4.78, 5) is 29.4. The molecule has 0 saturated carbocycles. The number of carbonyl (C=O) groups is 2. The summed E-state index contributed by atoms with van der Waals surface area (Å²) in [6.07, 6.45) is 0.566. The summed E-state index contributed by atoms with van der Waals surface area (Å²) in [6, 6.07) is -0.981. The van der Waals surface area contributed by atoms with Crippen LogP contribution in [0.5, 0.6) is 0 Å². The van der Waals surface area contributed by atoms with Crippen LogP contribution in [0.3, 0.4) is 0 Å². The van der Waals surface area contributed by atoms with Crippen molar-refractivity contribution in [2.75, 3.05) is 0 Å². The second-order valence-corrected chi connectivity index (χ2v) is 4.35. The van der Waals surface area contributed by atoms with E-state index in [1.807, 2.05) is 6.92 Å². The number of hydrogen-bond donors (Lipinski definition) is 1. The molecule has 7 nitrogen and oxygen atoms in total. The zero-order valence-corrected chi connectivity index (χ0v) is 10.6. The molecular formula is C11H16N4O3. The molecule has 1 aliphatic rings. The number of nitrogens with one attached hydrogen (secondary N) is 1. The van der Waals surface area contributed by atoms with Gasteiger partial charge in [0.1, 0.15) is 18.6 Å². The topological polar surface area (TPSA) is 88.3 Å². The molecule has 0 aliphatic carbocycles. The molecular weight excluding hydrogens is 236 g/mol. The third kappa shape index (κ3) is 2.20. The molecule has 2 amide bonds. The van der Waals surface area contributed by atoms with Crippen LogP contribution < -0.4 is 5.32 Å². The summed E-state index contributed by atoms with van der Waals surface area (Å²) >= 11 is 0. The Morgan fingerprint density at radius 2 is 2.17 bits per heavy atom. The van der Waals surface area contributed by atoms with Crippen molar-refractivity contribution in [2.45, 2.75) is 45.8 Å². The van der Waals surface area contributed by atoms with E-state index in [1.165, 1.54) is 4.90 Å². The Balaban J connectivity index is 2.17. The number of amides is 2. The third-order valence-electron chi connectivity index (χ3n) is 3.03. The molecule has 1 aliphatic heterocycles. The number of nitrogens with zero attached hydrogens (tertiary/aromatic N) is 3. The molecule has 1 N–H and O–H groups in total. The number of piperazine rings is 1. The Hall–Kier alpha value is -1.92. The zero-order chi connectivity index (χ0) is 13.3. The van der Waals surface area contributed by atoms with E-state index in [4.69, 9.17) is 4.52 Å². The standard InChI is InChI=1S/C11H16N4O3/c1-4-8-11(17)15(6(2)10(16)13-8)5-9-12-7(3)14-18-9/h6,8H,4-5H2,1-3H3,(H,13,16). The lowest BCUT2D eigenvalue weighted by Crippen LogP contribution is -2.61. The minimum Gasteiger partial charge on any atom is -0.343 e. The van der Waals surface area contributed by atoms with E-state index >= 15 is 0 Å². The van der Waals surface area contributed by atoms with Gasteiger partial charge in [0.25, 0.3) is 0 Å². The molecule has 2 rings (SSSR count). The molecule has 2 heterocycles. The minimum atomic E-state index is -0.521. The average Bonchev–Trinajstić information content (AvgIpc) is 2.75. The van der Waals surface area contributed by atoms with E-state index < -0.39 is 12.1 Å². The summed E-state index contributed by atoms with van der Waals surface area (Å²) in [6.45, 7) is 5.41. The van der Waals surface area contributed by atoms with Gasteiger partial charge in [-0.1, -0.05) is 12.1 Å². The first-order valence-electron chi connectivity index (χ1n) is 5.93. The Morgan fingerprint density at radius 3 is 2.72 bits per heavy atom. The smallest absolute Gasteiger partial charge is 0.246 e. The zero-order valence-electron chi connectivity index (χ0n) is 10.6. The normalized spacial score (nSPS) is 24.3. The van der Waals surface area contributed by atoms with Crippen LogP contribution in [0, 0.1) is 6.92 Å². The highest BCUT2D eigenvalue weighted by atomic mass is 16.5. The molecule has 1 aromatic rings. The maximum Gasteiger partial charge on any atom is 0.246 e. The van der Waals surface area contributed by atoms with Gasteiger partial charge in [-0.15, -0.1) is 0 Å². The maximum atomic E-state index is 12.1. The summed E-state index contributed by atoms with van der Waals surface area (Å²) in [5, 5.41) is 6.36. The molecule has 0 aromatic carbocycles. The lowest BCUT2D eigenvalue weighted by atomic mass is 10.1. The van der Waals surface area contributed by atoms with Gasteiger partial charge in [-0.05, 0) is 20.3 Å². The van der Waals surface area contributed by atoms with Crippen LogP contribution in [0.4, 0.5) is 0 Å². The molecule has 0 spiro atoms. The van der Waals surface area contributed by atoms with Crippen LogP contribution in [0.1, 0.15) is 32.0 Å². The number of aryl methyl sites for hydroxylation is 1. The van der Waals surface area contributed by atoms with Crippen molar-refractivity contribution in [3.63, 3.8) is 0 Å². The molecule has 2 unspecified atom stereocenters. The Kier molecular flexibility index (Phi) is 3.31. The van der Waals surface area contributed by atoms with Crippen LogP contribution in [0.25, 0.3) is 0 Å². The van der Waals surface area contributed by atoms with Crippen molar-refractivity contribution in [3.8, 4) is 0 Å². The highest BCUT2D eigenvalue weighted by Gasteiger charge is 2.37. The van der Waals surface area contributed by atoms with Crippen molar-refractivity contribution in [2.24, 2.45) is 0 Å². The summed E-state index contributed by atoms with van der Waals surface area (Å²) < 4.78 is 4.98. The average molecular weight is 252 g/mol. The van der Waals surface area contributed by atoms with Gasteiger partial charge in [0.05, 0.1) is 0 Å². The minimum absolute atomic E-state index is 0.111. The largest absolute Gasteiger partial charge is 0.343 e. The van der Waals surface area contributed by atoms with E-state index in [-0.39, 0.29) is 18.4 Å². The molecule has 1 fully saturated rings. The van der Waals surface area contributed by atoms with Gasteiger partial charge in [0.15, 0.2) is 5.82 Å². The Bertz CT molecular complexity index is 471. The summed E-state index contributed by atoms with van der Waals surface area (Å²) in [5.41, 5.74) is 0. The third-order valence-corrected chi connectivity index (χ3v) is 3.03. The van der Waals surface area contributed by atoms with Crippen molar-refractivity contribution < 1.29 is 14.1 Å². The van der Waals surface area contributed by atoms with Crippen molar-refractivity contribution in [3.05, 3.63) is 11.7 Å².